The van der Waals surface area contributed by atoms with Crippen molar-refractivity contribution in [1.29, 1.82) is 0 Å². The zero-order valence-corrected chi connectivity index (χ0v) is 12.4. The fourth-order valence-corrected chi connectivity index (χ4v) is 3.07. The minimum Gasteiger partial charge on any atom is -0.371 e. The van der Waals surface area contributed by atoms with Gasteiger partial charge in [0, 0.05) is 31.4 Å². The highest BCUT2D eigenvalue weighted by atomic mass is 19.1. The first kappa shape index (κ1) is 13.9. The Balaban J connectivity index is 1.65. The van der Waals surface area contributed by atoms with Gasteiger partial charge in [0.1, 0.15) is 5.82 Å². The van der Waals surface area contributed by atoms with Crippen LogP contribution in [0.15, 0.2) is 18.2 Å². The van der Waals surface area contributed by atoms with Crippen LogP contribution in [-0.4, -0.2) is 19.1 Å². The number of hydrogen-bond acceptors (Lipinski definition) is 2. The maximum atomic E-state index is 13.8. The largest absolute Gasteiger partial charge is 0.371 e. The molecule has 0 unspecified atom stereocenters. The van der Waals surface area contributed by atoms with Gasteiger partial charge in [-0.3, -0.25) is 0 Å². The maximum Gasteiger partial charge on any atom is 0.125 e. The lowest BCUT2D eigenvalue weighted by atomic mass is 9.94. The van der Waals surface area contributed by atoms with Gasteiger partial charge >= 0.3 is 0 Å². The number of halogens is 1. The lowest BCUT2D eigenvalue weighted by molar-refractivity contribution is 0.395. The predicted octanol–water partition coefficient (Wildman–Crippen LogP) is 3.70. The van der Waals surface area contributed by atoms with E-state index in [-0.39, 0.29) is 5.82 Å². The van der Waals surface area contributed by atoms with Crippen molar-refractivity contribution in [2.24, 2.45) is 5.92 Å². The van der Waals surface area contributed by atoms with E-state index in [9.17, 15) is 4.39 Å². The van der Waals surface area contributed by atoms with Crippen molar-refractivity contribution in [2.45, 2.75) is 51.6 Å². The zero-order chi connectivity index (χ0) is 13.9. The summed E-state index contributed by atoms with van der Waals surface area (Å²) >= 11 is 0. The average molecular weight is 276 g/mol. The summed E-state index contributed by atoms with van der Waals surface area (Å²) in [5.41, 5.74) is 2.14. The molecule has 0 amide bonds. The second kappa shape index (κ2) is 6.13. The molecule has 1 saturated carbocycles. The molecule has 1 aromatic carbocycles. The van der Waals surface area contributed by atoms with Crippen molar-refractivity contribution in [3.8, 4) is 0 Å². The van der Waals surface area contributed by atoms with Crippen molar-refractivity contribution in [1.82, 2.24) is 5.32 Å². The molecule has 20 heavy (non-hydrogen) atoms. The van der Waals surface area contributed by atoms with Crippen LogP contribution < -0.4 is 10.2 Å². The van der Waals surface area contributed by atoms with Crippen molar-refractivity contribution in [3.63, 3.8) is 0 Å². The van der Waals surface area contributed by atoms with Crippen molar-refractivity contribution in [2.75, 3.05) is 18.0 Å². The molecule has 1 N–H and O–H groups in total. The summed E-state index contributed by atoms with van der Waals surface area (Å²) < 4.78 is 13.8. The van der Waals surface area contributed by atoms with E-state index in [4.69, 9.17) is 0 Å². The topological polar surface area (TPSA) is 15.3 Å². The van der Waals surface area contributed by atoms with Crippen LogP contribution in [0.4, 0.5) is 10.1 Å². The van der Waals surface area contributed by atoms with E-state index in [1.54, 1.807) is 12.1 Å². The highest BCUT2D eigenvalue weighted by molar-refractivity contribution is 5.49. The van der Waals surface area contributed by atoms with Gasteiger partial charge in [-0.15, -0.1) is 0 Å². The van der Waals surface area contributed by atoms with Gasteiger partial charge in [0.15, 0.2) is 0 Å². The minimum atomic E-state index is -0.104. The first-order valence-electron chi connectivity index (χ1n) is 8.02. The molecule has 1 aromatic rings. The summed E-state index contributed by atoms with van der Waals surface area (Å²) in [5.74, 6) is 0.753. The van der Waals surface area contributed by atoms with Crippen molar-refractivity contribution >= 4 is 5.69 Å². The molecule has 0 bridgehead atoms. The molecule has 2 nitrogen and oxygen atoms in total. The Hall–Kier alpha value is -1.09. The Morgan fingerprint density at radius 2 is 1.90 bits per heavy atom. The van der Waals surface area contributed by atoms with Crippen LogP contribution in [0.25, 0.3) is 0 Å². The van der Waals surface area contributed by atoms with E-state index in [1.807, 2.05) is 0 Å². The molecule has 0 spiro atoms. The quantitative estimate of drug-likeness (QED) is 0.882. The van der Waals surface area contributed by atoms with E-state index in [0.29, 0.717) is 6.04 Å². The molecule has 1 heterocycles. The summed E-state index contributed by atoms with van der Waals surface area (Å²) in [7, 11) is 0. The van der Waals surface area contributed by atoms with E-state index in [0.717, 1.165) is 36.8 Å². The number of rotatable bonds is 5. The number of hydrogen-bond donors (Lipinski definition) is 1. The number of nitrogens with one attached hydrogen (secondary N) is 1. The molecule has 2 aliphatic rings. The summed E-state index contributed by atoms with van der Waals surface area (Å²) in [6.07, 6.45) is 6.29. The van der Waals surface area contributed by atoms with Crippen LogP contribution in [0, 0.1) is 11.7 Å². The van der Waals surface area contributed by atoms with E-state index in [2.05, 4.69) is 23.2 Å². The number of benzene rings is 1. The van der Waals surface area contributed by atoms with Gasteiger partial charge in [0.05, 0.1) is 0 Å². The van der Waals surface area contributed by atoms with Gasteiger partial charge in [-0.1, -0.05) is 13.3 Å². The third-order valence-electron chi connectivity index (χ3n) is 4.67. The molecular weight excluding hydrogens is 251 g/mol. The fraction of sp³-hybridized carbons (Fsp3) is 0.647. The predicted molar refractivity (Wildman–Crippen MR) is 81.5 cm³/mol. The average Bonchev–Trinajstić information content (AvgIpc) is 3.29. The minimum absolute atomic E-state index is 0.104. The van der Waals surface area contributed by atoms with Crippen LogP contribution >= 0.6 is 0 Å². The SMILES string of the molecule is CCC1CCN(c2cc(F)cc(CNC3CC3)c2)CC1. The van der Waals surface area contributed by atoms with Gasteiger partial charge in [-0.2, -0.15) is 0 Å². The Bertz CT molecular complexity index is 448. The molecule has 1 saturated heterocycles. The second-order valence-electron chi connectivity index (χ2n) is 6.31. The monoisotopic (exact) mass is 276 g/mol. The highest BCUT2D eigenvalue weighted by Crippen LogP contribution is 2.27. The van der Waals surface area contributed by atoms with Crippen molar-refractivity contribution in [3.05, 3.63) is 29.6 Å². The van der Waals surface area contributed by atoms with Crippen LogP contribution in [0.1, 0.15) is 44.6 Å². The standard InChI is InChI=1S/C17H25FN2/c1-2-13-5-7-20(8-6-13)17-10-14(9-15(18)11-17)12-19-16-3-4-16/h9-11,13,16,19H,2-8,12H2,1H3. The molecular formula is C17H25FN2. The van der Waals surface area contributed by atoms with Crippen molar-refractivity contribution < 1.29 is 4.39 Å². The Labute approximate surface area is 121 Å². The molecule has 110 valence electrons. The Kier molecular flexibility index (Phi) is 4.25. The zero-order valence-electron chi connectivity index (χ0n) is 12.4. The summed E-state index contributed by atoms with van der Waals surface area (Å²) in [6.45, 7) is 5.19. The van der Waals surface area contributed by atoms with Gasteiger partial charge in [0.25, 0.3) is 0 Å². The fourth-order valence-electron chi connectivity index (χ4n) is 3.07. The lowest BCUT2D eigenvalue weighted by Crippen LogP contribution is -2.33. The number of piperidine rings is 1. The van der Waals surface area contributed by atoms with E-state index < -0.39 is 0 Å². The lowest BCUT2D eigenvalue weighted by Gasteiger charge is -2.33. The smallest absolute Gasteiger partial charge is 0.125 e. The van der Waals surface area contributed by atoms with Gasteiger partial charge < -0.3 is 10.2 Å². The van der Waals surface area contributed by atoms with Crippen LogP contribution in [0.5, 0.6) is 0 Å². The molecule has 3 rings (SSSR count). The van der Waals surface area contributed by atoms with Crippen LogP contribution in [0.3, 0.4) is 0 Å². The molecule has 3 heteroatoms. The van der Waals surface area contributed by atoms with Gasteiger partial charge in [0.2, 0.25) is 0 Å². The Morgan fingerprint density at radius 3 is 2.55 bits per heavy atom. The highest BCUT2D eigenvalue weighted by Gasteiger charge is 2.21. The molecule has 0 radical (unpaired) electrons. The third-order valence-corrected chi connectivity index (χ3v) is 4.67. The summed E-state index contributed by atoms with van der Waals surface area (Å²) in [6, 6.07) is 6.18. The maximum absolute atomic E-state index is 13.8. The normalized spacial score (nSPS) is 20.4. The Morgan fingerprint density at radius 1 is 1.15 bits per heavy atom. The molecule has 2 fully saturated rings. The molecule has 0 atom stereocenters. The third kappa shape index (κ3) is 3.51. The number of anilines is 1. The summed E-state index contributed by atoms with van der Waals surface area (Å²) in [4.78, 5) is 2.34. The number of nitrogens with zero attached hydrogens (tertiary/aromatic N) is 1. The van der Waals surface area contributed by atoms with Crippen LogP contribution in [-0.2, 0) is 6.54 Å². The van der Waals surface area contributed by atoms with Gasteiger partial charge in [-0.05, 0) is 55.4 Å². The van der Waals surface area contributed by atoms with Gasteiger partial charge in [-0.25, -0.2) is 4.39 Å². The second-order valence-corrected chi connectivity index (χ2v) is 6.31. The van der Waals surface area contributed by atoms with E-state index in [1.165, 1.54) is 32.1 Å². The van der Waals surface area contributed by atoms with Crippen LogP contribution in [0.2, 0.25) is 0 Å². The first-order valence-corrected chi connectivity index (χ1v) is 8.02. The van der Waals surface area contributed by atoms with E-state index >= 15 is 0 Å². The molecule has 0 aromatic heterocycles. The molecule has 1 aliphatic heterocycles. The molecule has 1 aliphatic carbocycles. The summed E-state index contributed by atoms with van der Waals surface area (Å²) in [5, 5.41) is 3.46. The first-order chi connectivity index (χ1) is 9.74.